The van der Waals surface area contributed by atoms with Gasteiger partial charge in [-0.2, -0.15) is 0 Å². The Morgan fingerprint density at radius 1 is 1.11 bits per heavy atom. The van der Waals surface area contributed by atoms with Gasteiger partial charge in [-0.3, -0.25) is 0 Å². The van der Waals surface area contributed by atoms with E-state index in [-0.39, 0.29) is 5.41 Å². The highest BCUT2D eigenvalue weighted by molar-refractivity contribution is 5.37. The summed E-state index contributed by atoms with van der Waals surface area (Å²) in [4.78, 5) is 0. The number of rotatable bonds is 5. The third kappa shape index (κ3) is 3.11. The predicted octanol–water partition coefficient (Wildman–Crippen LogP) is 4.18. The van der Waals surface area contributed by atoms with Crippen LogP contribution in [-0.2, 0) is 0 Å². The van der Waals surface area contributed by atoms with Gasteiger partial charge in [-0.1, -0.05) is 55.2 Å². The second-order valence-corrected chi connectivity index (χ2v) is 5.02. The number of piperidine rings is 1. The lowest BCUT2D eigenvalue weighted by Gasteiger charge is -2.40. The second kappa shape index (κ2) is 6.55. The van der Waals surface area contributed by atoms with Gasteiger partial charge in [-0.05, 0) is 45.4 Å². The van der Waals surface area contributed by atoms with Gasteiger partial charge in [-0.15, -0.1) is 0 Å². The number of hydrogen-bond acceptors (Lipinski definition) is 1. The molecule has 1 aliphatic rings. The molecule has 1 rings (SSSR count). The van der Waals surface area contributed by atoms with Crippen LogP contribution < -0.4 is 5.32 Å². The summed E-state index contributed by atoms with van der Waals surface area (Å²) in [6.45, 7) is 18.1. The molecule has 0 aromatic carbocycles. The molecule has 1 heteroatoms. The average molecular weight is 243 g/mol. The van der Waals surface area contributed by atoms with Gasteiger partial charge in [0.05, 0.1) is 0 Å². The van der Waals surface area contributed by atoms with Gasteiger partial charge in [0, 0.05) is 5.41 Å². The molecule has 1 saturated heterocycles. The summed E-state index contributed by atoms with van der Waals surface area (Å²) in [5, 5.41) is 3.44. The van der Waals surface area contributed by atoms with E-state index in [1.54, 1.807) is 0 Å². The fraction of sp³-hybridized carbons (Fsp3) is 0.412. The normalized spacial score (nSPS) is 20.3. The van der Waals surface area contributed by atoms with E-state index in [4.69, 9.17) is 0 Å². The summed E-state index contributed by atoms with van der Waals surface area (Å²) in [5.41, 5.74) is 3.91. The molecule has 0 bridgehead atoms. The molecule has 0 aromatic rings. The summed E-state index contributed by atoms with van der Waals surface area (Å²) >= 11 is 0. The van der Waals surface area contributed by atoms with E-state index in [2.05, 4.69) is 51.1 Å². The number of allylic oxidation sites excluding steroid dienone is 7. The average Bonchev–Trinajstić information content (AvgIpc) is 2.39. The van der Waals surface area contributed by atoms with Crippen LogP contribution >= 0.6 is 0 Å². The van der Waals surface area contributed by atoms with Crippen LogP contribution in [0.25, 0.3) is 0 Å². The molecule has 0 unspecified atom stereocenters. The molecule has 0 aliphatic carbocycles. The molecule has 0 atom stereocenters. The van der Waals surface area contributed by atoms with E-state index in [9.17, 15) is 0 Å². The fourth-order valence-corrected chi connectivity index (χ4v) is 2.76. The summed E-state index contributed by atoms with van der Waals surface area (Å²) in [7, 11) is 0. The maximum atomic E-state index is 3.99. The fourth-order valence-electron chi connectivity index (χ4n) is 2.76. The summed E-state index contributed by atoms with van der Waals surface area (Å²) in [6, 6.07) is 0. The van der Waals surface area contributed by atoms with E-state index >= 15 is 0 Å². The number of nitrogens with one attached hydrogen (secondary N) is 1. The zero-order valence-corrected chi connectivity index (χ0v) is 11.8. The Morgan fingerprint density at radius 2 is 1.72 bits per heavy atom. The van der Waals surface area contributed by atoms with Crippen molar-refractivity contribution < 1.29 is 0 Å². The standard InChI is InChI=1S/C17H25N/c1-6-8-15(4)17(9-11-18-12-10-17)16(5)13-14(3)7-2/h6-8,13,18H,1-3,9-12H2,4-5H3/b15-8-,16-13-. The minimum atomic E-state index is 0.158. The van der Waals surface area contributed by atoms with Crippen molar-refractivity contribution in [3.63, 3.8) is 0 Å². The van der Waals surface area contributed by atoms with Crippen molar-refractivity contribution in [3.8, 4) is 0 Å². The Bertz CT molecular complexity index is 390. The lowest BCUT2D eigenvalue weighted by atomic mass is 9.68. The summed E-state index contributed by atoms with van der Waals surface area (Å²) < 4.78 is 0. The predicted molar refractivity (Wildman–Crippen MR) is 81.6 cm³/mol. The molecular formula is C17H25N. The molecular weight excluding hydrogens is 218 g/mol. The lowest BCUT2D eigenvalue weighted by Crippen LogP contribution is -2.38. The second-order valence-electron chi connectivity index (χ2n) is 5.02. The first-order valence-corrected chi connectivity index (χ1v) is 6.57. The number of hydrogen-bond donors (Lipinski definition) is 1. The van der Waals surface area contributed by atoms with E-state index in [1.807, 2.05) is 12.2 Å². The highest BCUT2D eigenvalue weighted by Crippen LogP contribution is 2.43. The van der Waals surface area contributed by atoms with Crippen LogP contribution in [0.4, 0.5) is 0 Å². The third-order valence-corrected chi connectivity index (χ3v) is 4.00. The highest BCUT2D eigenvalue weighted by Gasteiger charge is 2.34. The molecule has 0 amide bonds. The first-order chi connectivity index (χ1) is 8.56. The molecule has 0 radical (unpaired) electrons. The van der Waals surface area contributed by atoms with Gasteiger partial charge in [0.15, 0.2) is 0 Å². The van der Waals surface area contributed by atoms with Crippen molar-refractivity contribution in [2.24, 2.45) is 5.41 Å². The molecule has 1 aliphatic heterocycles. The Kier molecular flexibility index (Phi) is 5.36. The van der Waals surface area contributed by atoms with Crippen molar-refractivity contribution in [3.05, 3.63) is 60.8 Å². The van der Waals surface area contributed by atoms with Crippen molar-refractivity contribution in [2.75, 3.05) is 13.1 Å². The van der Waals surface area contributed by atoms with Crippen molar-refractivity contribution >= 4 is 0 Å². The zero-order chi connectivity index (χ0) is 13.6. The smallest absolute Gasteiger partial charge is 0.0145 e. The van der Waals surface area contributed by atoms with Crippen LogP contribution in [0.3, 0.4) is 0 Å². The monoisotopic (exact) mass is 243 g/mol. The SMILES string of the molecule is C=C/C=C(/C)C1(/C(C)=C\C(=C)C=C)CCNCC1. The van der Waals surface area contributed by atoms with Crippen LogP contribution in [0.5, 0.6) is 0 Å². The summed E-state index contributed by atoms with van der Waals surface area (Å²) in [6.07, 6.45) is 10.3. The quantitative estimate of drug-likeness (QED) is 0.714. The van der Waals surface area contributed by atoms with E-state index in [0.717, 1.165) is 31.5 Å². The minimum Gasteiger partial charge on any atom is -0.317 e. The van der Waals surface area contributed by atoms with Crippen LogP contribution in [-0.4, -0.2) is 13.1 Å². The van der Waals surface area contributed by atoms with Gasteiger partial charge in [0.2, 0.25) is 0 Å². The molecule has 18 heavy (non-hydrogen) atoms. The van der Waals surface area contributed by atoms with Crippen LogP contribution in [0.1, 0.15) is 26.7 Å². The topological polar surface area (TPSA) is 12.0 Å². The van der Waals surface area contributed by atoms with Crippen molar-refractivity contribution in [1.29, 1.82) is 0 Å². The third-order valence-electron chi connectivity index (χ3n) is 4.00. The van der Waals surface area contributed by atoms with Gasteiger partial charge in [0.1, 0.15) is 0 Å². The Morgan fingerprint density at radius 3 is 2.22 bits per heavy atom. The van der Waals surface area contributed by atoms with E-state index in [0.29, 0.717) is 0 Å². The van der Waals surface area contributed by atoms with E-state index in [1.165, 1.54) is 11.1 Å². The van der Waals surface area contributed by atoms with Crippen LogP contribution in [0, 0.1) is 5.41 Å². The Balaban J connectivity index is 3.15. The molecule has 98 valence electrons. The molecule has 1 fully saturated rings. The molecule has 1 N–H and O–H groups in total. The van der Waals surface area contributed by atoms with Crippen molar-refractivity contribution in [1.82, 2.24) is 5.32 Å². The van der Waals surface area contributed by atoms with Gasteiger partial charge in [-0.25, -0.2) is 0 Å². The lowest BCUT2D eigenvalue weighted by molar-refractivity contribution is 0.304. The Labute approximate surface area is 112 Å². The maximum Gasteiger partial charge on any atom is 0.0145 e. The minimum absolute atomic E-state index is 0.158. The van der Waals surface area contributed by atoms with Gasteiger partial charge < -0.3 is 5.32 Å². The maximum absolute atomic E-state index is 3.99. The molecule has 0 aromatic heterocycles. The van der Waals surface area contributed by atoms with Gasteiger partial charge >= 0.3 is 0 Å². The first-order valence-electron chi connectivity index (χ1n) is 6.57. The van der Waals surface area contributed by atoms with E-state index < -0.39 is 0 Å². The summed E-state index contributed by atoms with van der Waals surface area (Å²) in [5.74, 6) is 0. The molecule has 1 nitrogen and oxygen atoms in total. The first kappa shape index (κ1) is 14.7. The Hall–Kier alpha value is -1.34. The van der Waals surface area contributed by atoms with Crippen LogP contribution in [0.15, 0.2) is 60.8 Å². The zero-order valence-electron chi connectivity index (χ0n) is 11.8. The molecule has 0 spiro atoms. The van der Waals surface area contributed by atoms with Crippen molar-refractivity contribution in [2.45, 2.75) is 26.7 Å². The van der Waals surface area contributed by atoms with Gasteiger partial charge in [0.25, 0.3) is 0 Å². The molecule has 0 saturated carbocycles. The highest BCUT2D eigenvalue weighted by atomic mass is 14.9. The molecule has 1 heterocycles. The largest absolute Gasteiger partial charge is 0.317 e. The van der Waals surface area contributed by atoms with Crippen LogP contribution in [0.2, 0.25) is 0 Å².